The molecule has 0 bridgehead atoms. The number of piperidine rings is 1. The number of nitrogens with zero attached hydrogens (tertiary/aromatic N) is 3. The molecule has 11 nitrogen and oxygen atoms in total. The van der Waals surface area contributed by atoms with Crippen molar-refractivity contribution in [2.45, 2.75) is 103 Å². The van der Waals surface area contributed by atoms with E-state index in [0.29, 0.717) is 49.7 Å². The smallest absolute Gasteiger partial charge is 0.270 e. The molecule has 2 fully saturated rings. The molecule has 4 amide bonds. The second-order valence-corrected chi connectivity index (χ2v) is 12.5. The molecule has 2 aromatic rings. The van der Waals surface area contributed by atoms with Crippen LogP contribution in [-0.4, -0.2) is 74.7 Å². The van der Waals surface area contributed by atoms with E-state index in [2.05, 4.69) is 28.0 Å². The Morgan fingerprint density at radius 3 is 2.33 bits per heavy atom. The predicted molar refractivity (Wildman–Crippen MR) is 168 cm³/mol. The molecule has 3 atom stereocenters. The molecule has 1 saturated heterocycles. The fourth-order valence-electron chi connectivity index (χ4n) is 6.29. The van der Waals surface area contributed by atoms with Crippen molar-refractivity contribution >= 4 is 29.3 Å². The lowest BCUT2D eigenvalue weighted by atomic mass is 9.79. The molecular formula is C33H47FN6O5. The zero-order chi connectivity index (χ0) is 32.7. The maximum Gasteiger partial charge on any atom is 0.270 e. The molecule has 2 aliphatic rings. The van der Waals surface area contributed by atoms with Gasteiger partial charge in [-0.15, -0.1) is 0 Å². The maximum atomic E-state index is 15.6. The van der Waals surface area contributed by atoms with Gasteiger partial charge in [0.05, 0.1) is 11.8 Å². The summed E-state index contributed by atoms with van der Waals surface area (Å²) in [4.78, 5) is 54.3. The first-order valence-electron chi connectivity index (χ1n) is 16.2. The summed E-state index contributed by atoms with van der Waals surface area (Å²) in [5.74, 6) is -2.31. The Labute approximate surface area is 264 Å². The highest BCUT2D eigenvalue weighted by Gasteiger charge is 2.35. The van der Waals surface area contributed by atoms with Gasteiger partial charge in [-0.05, 0) is 68.2 Å². The minimum absolute atomic E-state index is 0.0385. The number of aliphatic hydroxyl groups is 1. The number of nitrogens with one attached hydrogen (secondary N) is 3. The summed E-state index contributed by atoms with van der Waals surface area (Å²) >= 11 is 0. The second kappa shape index (κ2) is 15.5. The van der Waals surface area contributed by atoms with E-state index in [9.17, 15) is 24.3 Å². The van der Waals surface area contributed by atoms with Gasteiger partial charge in [0.25, 0.3) is 5.91 Å². The largest absolute Gasteiger partial charge is 0.393 e. The Balaban J connectivity index is 1.52. The highest BCUT2D eigenvalue weighted by molar-refractivity contribution is 6.00. The van der Waals surface area contributed by atoms with Gasteiger partial charge in [-0.25, -0.2) is 4.39 Å². The minimum Gasteiger partial charge on any atom is -0.393 e. The number of rotatable bonds is 11. The van der Waals surface area contributed by atoms with Crippen molar-refractivity contribution in [1.82, 2.24) is 25.3 Å². The zero-order valence-electron chi connectivity index (χ0n) is 26.7. The third-order valence-electron chi connectivity index (χ3n) is 9.31. The summed E-state index contributed by atoms with van der Waals surface area (Å²) in [5, 5.41) is 22.4. The molecular weight excluding hydrogens is 579 g/mol. The number of carbonyl (C=O) groups excluding carboxylic acids is 4. The lowest BCUT2D eigenvalue weighted by Crippen LogP contribution is -2.53. The van der Waals surface area contributed by atoms with E-state index in [1.54, 1.807) is 35.6 Å². The number of likely N-dealkylation sites (tertiary alicyclic amines) is 1. The van der Waals surface area contributed by atoms with Crippen molar-refractivity contribution in [2.75, 3.05) is 18.4 Å². The molecule has 1 aliphatic heterocycles. The molecule has 1 aromatic heterocycles. The van der Waals surface area contributed by atoms with Crippen LogP contribution in [0.1, 0.15) is 94.6 Å². The number of aromatic nitrogens is 2. The number of hydrogen-bond acceptors (Lipinski definition) is 6. The Kier molecular flexibility index (Phi) is 11.7. The Hall–Kier alpha value is -3.80. The number of aryl methyl sites for hydroxylation is 1. The van der Waals surface area contributed by atoms with Gasteiger partial charge in [-0.1, -0.05) is 39.7 Å². The van der Waals surface area contributed by atoms with E-state index < -0.39 is 41.7 Å². The molecule has 12 heteroatoms. The SMILES string of the molecule is CCC(=O)N[C@@H](C(=O)N1CCC(O)CC1)[C@@H](C)c1ccc(NC(=O)[C@@H](NC(=O)c2ccnn2CC)C2CCC(C)CC2)c(F)c1. The van der Waals surface area contributed by atoms with Gasteiger partial charge in [-0.2, -0.15) is 5.10 Å². The average molecular weight is 627 g/mol. The van der Waals surface area contributed by atoms with Crippen LogP contribution in [0, 0.1) is 17.7 Å². The molecule has 1 aromatic carbocycles. The highest BCUT2D eigenvalue weighted by atomic mass is 19.1. The van der Waals surface area contributed by atoms with E-state index in [0.717, 1.165) is 25.7 Å². The van der Waals surface area contributed by atoms with Crippen LogP contribution in [-0.2, 0) is 20.9 Å². The summed E-state index contributed by atoms with van der Waals surface area (Å²) in [6.07, 6.45) is 5.59. The number of amides is 4. The molecule has 4 N–H and O–H groups in total. The average Bonchev–Trinajstić information content (AvgIpc) is 3.53. The molecule has 246 valence electrons. The first-order chi connectivity index (χ1) is 21.5. The number of hydrogen-bond donors (Lipinski definition) is 4. The predicted octanol–water partition coefficient (Wildman–Crippen LogP) is 3.59. The fraction of sp³-hybridized carbons (Fsp3) is 0.606. The number of halogens is 1. The van der Waals surface area contributed by atoms with E-state index in [1.807, 2.05) is 6.92 Å². The minimum atomic E-state index is -0.919. The quantitative estimate of drug-likeness (QED) is 0.300. The van der Waals surface area contributed by atoms with Crippen molar-refractivity contribution in [2.24, 2.45) is 11.8 Å². The molecule has 4 rings (SSSR count). The van der Waals surface area contributed by atoms with Crippen LogP contribution in [0.3, 0.4) is 0 Å². The van der Waals surface area contributed by atoms with Gasteiger partial charge in [0.15, 0.2) is 0 Å². The molecule has 0 spiro atoms. The van der Waals surface area contributed by atoms with Gasteiger partial charge >= 0.3 is 0 Å². The van der Waals surface area contributed by atoms with Gasteiger partial charge in [0, 0.05) is 38.2 Å². The molecule has 0 radical (unpaired) electrons. The summed E-state index contributed by atoms with van der Waals surface area (Å²) < 4.78 is 17.1. The van der Waals surface area contributed by atoms with Crippen LogP contribution in [0.2, 0.25) is 0 Å². The second-order valence-electron chi connectivity index (χ2n) is 12.5. The maximum absolute atomic E-state index is 15.6. The van der Waals surface area contributed by atoms with Gasteiger partial charge in [-0.3, -0.25) is 23.9 Å². The van der Waals surface area contributed by atoms with Crippen molar-refractivity contribution in [1.29, 1.82) is 0 Å². The van der Waals surface area contributed by atoms with Crippen LogP contribution in [0.4, 0.5) is 10.1 Å². The topological polar surface area (TPSA) is 146 Å². The number of carbonyl (C=O) groups is 4. The number of aliphatic hydroxyl groups excluding tert-OH is 1. The van der Waals surface area contributed by atoms with Gasteiger partial charge in [0.1, 0.15) is 23.6 Å². The molecule has 1 saturated carbocycles. The normalized spacial score (nSPS) is 21.0. The molecule has 1 aliphatic carbocycles. The Morgan fingerprint density at radius 2 is 1.71 bits per heavy atom. The van der Waals surface area contributed by atoms with E-state index in [4.69, 9.17) is 0 Å². The number of benzene rings is 1. The standard InChI is InChI=1S/C33H47FN6O5/c1-5-28(42)37-29(33(45)39-17-14-24(41)15-18-39)21(4)23-11-12-26(25(34)19-23)36-32(44)30(22-9-7-20(3)8-10-22)38-31(43)27-13-16-35-40(27)6-2/h11-13,16,19-22,24,29-30,41H,5-10,14-15,17-18H2,1-4H3,(H,36,44)(H,37,42)(H,38,43)/t20?,21-,22?,29+,30-/m0/s1. The first kappa shape index (κ1) is 34.1. The monoisotopic (exact) mass is 626 g/mol. The Morgan fingerprint density at radius 1 is 1.02 bits per heavy atom. The third kappa shape index (κ3) is 8.47. The van der Waals surface area contributed by atoms with Crippen molar-refractivity contribution in [3.8, 4) is 0 Å². The van der Waals surface area contributed by atoms with Gasteiger partial charge < -0.3 is 26.0 Å². The number of anilines is 1. The van der Waals surface area contributed by atoms with Crippen LogP contribution >= 0.6 is 0 Å². The van der Waals surface area contributed by atoms with E-state index in [1.165, 1.54) is 18.3 Å². The molecule has 45 heavy (non-hydrogen) atoms. The summed E-state index contributed by atoms with van der Waals surface area (Å²) in [6.45, 7) is 8.74. The Bertz CT molecular complexity index is 1350. The van der Waals surface area contributed by atoms with E-state index in [-0.39, 0.29) is 29.8 Å². The van der Waals surface area contributed by atoms with E-state index >= 15 is 4.39 Å². The van der Waals surface area contributed by atoms with Crippen molar-refractivity contribution in [3.63, 3.8) is 0 Å². The summed E-state index contributed by atoms with van der Waals surface area (Å²) in [7, 11) is 0. The zero-order valence-corrected chi connectivity index (χ0v) is 26.7. The summed E-state index contributed by atoms with van der Waals surface area (Å²) in [5.41, 5.74) is 0.795. The lowest BCUT2D eigenvalue weighted by Gasteiger charge is -2.35. The lowest BCUT2D eigenvalue weighted by molar-refractivity contribution is -0.138. The van der Waals surface area contributed by atoms with Gasteiger partial charge in [0.2, 0.25) is 17.7 Å². The fourth-order valence-corrected chi connectivity index (χ4v) is 6.29. The first-order valence-corrected chi connectivity index (χ1v) is 16.2. The van der Waals surface area contributed by atoms with Crippen LogP contribution in [0.15, 0.2) is 30.5 Å². The highest BCUT2D eigenvalue weighted by Crippen LogP contribution is 2.32. The third-order valence-corrected chi connectivity index (χ3v) is 9.31. The van der Waals surface area contributed by atoms with Crippen molar-refractivity contribution < 1.29 is 28.7 Å². The molecule has 2 heterocycles. The van der Waals surface area contributed by atoms with Crippen LogP contribution in [0.25, 0.3) is 0 Å². The summed E-state index contributed by atoms with van der Waals surface area (Å²) in [6, 6.07) is 4.18. The van der Waals surface area contributed by atoms with Crippen LogP contribution in [0.5, 0.6) is 0 Å². The van der Waals surface area contributed by atoms with Crippen LogP contribution < -0.4 is 16.0 Å². The molecule has 0 unspecified atom stereocenters. The van der Waals surface area contributed by atoms with Crippen molar-refractivity contribution in [3.05, 3.63) is 47.5 Å².